The standard InChI is InChI=1S/C17H21FN2O5/c18-10-3-1-2-9(6-10)17(24)19-8-13-16(23)15(22)12(25-13)7-14(21)20-11-4-5-11/h1-3,6,11-13,15-16,22-23H,4-5,7-8H2,(H,19,24)(H,20,21)/t12-,13+,15-,16+/m0/s1. The molecule has 2 fully saturated rings. The largest absolute Gasteiger partial charge is 0.388 e. The minimum Gasteiger partial charge on any atom is -0.388 e. The maximum absolute atomic E-state index is 13.1. The highest BCUT2D eigenvalue weighted by molar-refractivity contribution is 5.94. The van der Waals surface area contributed by atoms with Crippen LogP contribution in [0.4, 0.5) is 4.39 Å². The van der Waals surface area contributed by atoms with Gasteiger partial charge in [-0.2, -0.15) is 0 Å². The van der Waals surface area contributed by atoms with Crippen LogP contribution in [0.15, 0.2) is 24.3 Å². The molecular weight excluding hydrogens is 331 g/mol. The predicted octanol–water partition coefficient (Wildman–Crippen LogP) is -0.287. The third-order valence-corrected chi connectivity index (χ3v) is 4.34. The summed E-state index contributed by atoms with van der Waals surface area (Å²) in [6, 6.07) is 5.42. The highest BCUT2D eigenvalue weighted by Gasteiger charge is 2.43. The van der Waals surface area contributed by atoms with Crippen molar-refractivity contribution in [1.29, 1.82) is 0 Å². The molecule has 1 saturated heterocycles. The quantitative estimate of drug-likeness (QED) is 0.563. The summed E-state index contributed by atoms with van der Waals surface area (Å²) in [6.45, 7) is -0.0612. The molecule has 1 heterocycles. The van der Waals surface area contributed by atoms with Gasteiger partial charge in [-0.15, -0.1) is 0 Å². The Bertz CT molecular complexity index is 652. The summed E-state index contributed by atoms with van der Waals surface area (Å²) in [5.74, 6) is -1.27. The second kappa shape index (κ2) is 7.47. The van der Waals surface area contributed by atoms with E-state index >= 15 is 0 Å². The molecule has 0 spiro atoms. The Kier molecular flexibility index (Phi) is 5.31. The molecule has 4 atom stereocenters. The van der Waals surface area contributed by atoms with E-state index in [1.807, 2.05) is 0 Å². The van der Waals surface area contributed by atoms with E-state index in [0.29, 0.717) is 0 Å². The van der Waals surface area contributed by atoms with Crippen molar-refractivity contribution in [1.82, 2.24) is 10.6 Å². The first kappa shape index (κ1) is 17.8. The number of nitrogens with one attached hydrogen (secondary N) is 2. The SMILES string of the molecule is O=C(C[C@@H]1O[C@H](CNC(=O)c2cccc(F)c2)[C@@H](O)[C@H]1O)NC1CC1. The summed E-state index contributed by atoms with van der Waals surface area (Å²) in [6.07, 6.45) is -2.24. The molecule has 136 valence electrons. The smallest absolute Gasteiger partial charge is 0.251 e. The lowest BCUT2D eigenvalue weighted by molar-refractivity contribution is -0.125. The summed E-state index contributed by atoms with van der Waals surface area (Å²) in [7, 11) is 0. The summed E-state index contributed by atoms with van der Waals surface area (Å²) in [4.78, 5) is 23.8. The van der Waals surface area contributed by atoms with Crippen molar-refractivity contribution >= 4 is 11.8 Å². The fraction of sp³-hybridized carbons (Fsp3) is 0.529. The molecule has 2 aliphatic rings. The Morgan fingerprint density at radius 1 is 1.20 bits per heavy atom. The molecule has 2 amide bonds. The molecule has 7 nitrogen and oxygen atoms in total. The molecular formula is C17H21FN2O5. The number of benzene rings is 1. The van der Waals surface area contributed by atoms with Gasteiger partial charge in [0, 0.05) is 18.2 Å². The van der Waals surface area contributed by atoms with Crippen molar-refractivity contribution in [2.75, 3.05) is 6.54 Å². The fourth-order valence-corrected chi connectivity index (χ4v) is 2.79. The number of hydrogen-bond acceptors (Lipinski definition) is 5. The normalized spacial score (nSPS) is 28.6. The predicted molar refractivity (Wildman–Crippen MR) is 85.2 cm³/mol. The molecule has 4 N–H and O–H groups in total. The number of halogens is 1. The van der Waals surface area contributed by atoms with Crippen molar-refractivity contribution in [2.45, 2.75) is 49.7 Å². The summed E-state index contributed by atoms with van der Waals surface area (Å²) >= 11 is 0. The molecule has 1 aliphatic heterocycles. The fourth-order valence-electron chi connectivity index (χ4n) is 2.79. The van der Waals surface area contributed by atoms with Crippen LogP contribution in [0.25, 0.3) is 0 Å². The Morgan fingerprint density at radius 3 is 2.60 bits per heavy atom. The van der Waals surface area contributed by atoms with Gasteiger partial charge in [-0.1, -0.05) is 6.07 Å². The molecule has 1 aromatic rings. The Balaban J connectivity index is 1.50. The second-order valence-electron chi connectivity index (χ2n) is 6.46. The molecule has 0 radical (unpaired) electrons. The van der Waals surface area contributed by atoms with Crippen LogP contribution >= 0.6 is 0 Å². The van der Waals surface area contributed by atoms with E-state index in [0.717, 1.165) is 18.9 Å². The number of hydrogen-bond donors (Lipinski definition) is 4. The molecule has 25 heavy (non-hydrogen) atoms. The van der Waals surface area contributed by atoms with Gasteiger partial charge in [-0.05, 0) is 31.0 Å². The van der Waals surface area contributed by atoms with Crippen LogP contribution in [0.1, 0.15) is 29.6 Å². The van der Waals surface area contributed by atoms with E-state index < -0.39 is 36.1 Å². The third kappa shape index (κ3) is 4.53. The molecule has 8 heteroatoms. The second-order valence-corrected chi connectivity index (χ2v) is 6.46. The van der Waals surface area contributed by atoms with E-state index in [2.05, 4.69) is 10.6 Å². The molecule has 0 unspecified atom stereocenters. The molecule has 3 rings (SSSR count). The first-order valence-electron chi connectivity index (χ1n) is 8.29. The maximum atomic E-state index is 13.1. The van der Waals surface area contributed by atoms with E-state index in [-0.39, 0.29) is 30.5 Å². The van der Waals surface area contributed by atoms with Crippen LogP contribution < -0.4 is 10.6 Å². The van der Waals surface area contributed by atoms with Gasteiger partial charge in [0.2, 0.25) is 5.91 Å². The number of carbonyl (C=O) groups is 2. The van der Waals surface area contributed by atoms with Crippen molar-refractivity contribution in [2.24, 2.45) is 0 Å². The first-order chi connectivity index (χ1) is 11.9. The van der Waals surface area contributed by atoms with Gasteiger partial charge in [0.15, 0.2) is 0 Å². The van der Waals surface area contributed by atoms with E-state index in [1.165, 1.54) is 18.2 Å². The van der Waals surface area contributed by atoms with Crippen LogP contribution in [-0.2, 0) is 9.53 Å². The minimum absolute atomic E-state index is 0.0525. The zero-order chi connectivity index (χ0) is 18.0. The van der Waals surface area contributed by atoms with Crippen molar-refractivity contribution in [3.05, 3.63) is 35.6 Å². The van der Waals surface area contributed by atoms with E-state index in [4.69, 9.17) is 4.74 Å². The summed E-state index contributed by atoms with van der Waals surface area (Å²) in [5.41, 5.74) is 0.147. The summed E-state index contributed by atoms with van der Waals surface area (Å²) < 4.78 is 18.7. The monoisotopic (exact) mass is 352 g/mol. The van der Waals surface area contributed by atoms with Gasteiger partial charge >= 0.3 is 0 Å². The molecule has 1 saturated carbocycles. The van der Waals surface area contributed by atoms with Gasteiger partial charge in [-0.3, -0.25) is 9.59 Å². The molecule has 1 aromatic carbocycles. The topological polar surface area (TPSA) is 108 Å². The number of ether oxygens (including phenoxy) is 1. The van der Waals surface area contributed by atoms with Gasteiger partial charge in [0.25, 0.3) is 5.91 Å². The molecule has 0 aromatic heterocycles. The van der Waals surface area contributed by atoms with Crippen molar-refractivity contribution < 1.29 is 28.9 Å². The van der Waals surface area contributed by atoms with Crippen molar-refractivity contribution in [3.8, 4) is 0 Å². The van der Waals surface area contributed by atoms with E-state index in [9.17, 15) is 24.2 Å². The molecule has 0 bridgehead atoms. The lowest BCUT2D eigenvalue weighted by Gasteiger charge is -2.15. The summed E-state index contributed by atoms with van der Waals surface area (Å²) in [5, 5.41) is 25.4. The average molecular weight is 352 g/mol. The van der Waals surface area contributed by atoms with Gasteiger partial charge in [-0.25, -0.2) is 4.39 Å². The number of carbonyl (C=O) groups excluding carboxylic acids is 2. The highest BCUT2D eigenvalue weighted by Crippen LogP contribution is 2.24. The Morgan fingerprint density at radius 2 is 1.92 bits per heavy atom. The lowest BCUT2D eigenvalue weighted by Crippen LogP contribution is -2.40. The van der Waals surface area contributed by atoms with Crippen LogP contribution in [0.3, 0.4) is 0 Å². The van der Waals surface area contributed by atoms with Crippen molar-refractivity contribution in [3.63, 3.8) is 0 Å². The van der Waals surface area contributed by atoms with Crippen LogP contribution in [0.5, 0.6) is 0 Å². The molecule has 1 aliphatic carbocycles. The van der Waals surface area contributed by atoms with Crippen LogP contribution in [0, 0.1) is 5.82 Å². The lowest BCUT2D eigenvalue weighted by atomic mass is 10.1. The van der Waals surface area contributed by atoms with Gasteiger partial charge in [0.1, 0.15) is 24.1 Å². The average Bonchev–Trinajstić information content (AvgIpc) is 3.35. The number of rotatable bonds is 6. The first-order valence-corrected chi connectivity index (χ1v) is 8.29. The Labute approximate surface area is 144 Å². The zero-order valence-electron chi connectivity index (χ0n) is 13.5. The maximum Gasteiger partial charge on any atom is 0.251 e. The number of amides is 2. The third-order valence-electron chi connectivity index (χ3n) is 4.34. The number of aliphatic hydroxyl groups is 2. The number of aliphatic hydroxyl groups excluding tert-OH is 2. The minimum atomic E-state index is -1.22. The van der Waals surface area contributed by atoms with Gasteiger partial charge in [0.05, 0.1) is 12.5 Å². The van der Waals surface area contributed by atoms with Gasteiger partial charge < -0.3 is 25.6 Å². The Hall–Kier alpha value is -2.03. The zero-order valence-corrected chi connectivity index (χ0v) is 13.5. The van der Waals surface area contributed by atoms with E-state index in [1.54, 1.807) is 0 Å². The van der Waals surface area contributed by atoms with Crippen LogP contribution in [-0.4, -0.2) is 59.0 Å². The highest BCUT2D eigenvalue weighted by atomic mass is 19.1. The van der Waals surface area contributed by atoms with Crippen LogP contribution in [0.2, 0.25) is 0 Å².